The van der Waals surface area contributed by atoms with E-state index in [2.05, 4.69) is 17.0 Å². The molecule has 0 aromatic heterocycles. The van der Waals surface area contributed by atoms with Crippen molar-refractivity contribution < 1.29 is 13.0 Å². The zero-order valence-corrected chi connectivity index (χ0v) is 8.14. The highest BCUT2D eigenvalue weighted by molar-refractivity contribution is 7.90. The van der Waals surface area contributed by atoms with E-state index in [1.807, 2.05) is 6.08 Å². The molecule has 2 rings (SSSR count). The van der Waals surface area contributed by atoms with Crippen molar-refractivity contribution in [1.82, 2.24) is 0 Å². The topological polar surface area (TPSA) is 80.4 Å². The van der Waals surface area contributed by atoms with Crippen LogP contribution in [0.3, 0.4) is 0 Å². The van der Waals surface area contributed by atoms with Crippen molar-refractivity contribution in [2.75, 3.05) is 0 Å². The zero-order valence-electron chi connectivity index (χ0n) is 6.57. The van der Waals surface area contributed by atoms with Crippen molar-refractivity contribution >= 4 is 21.9 Å². The predicted octanol–water partition coefficient (Wildman–Crippen LogP) is 1.13. The summed E-state index contributed by atoms with van der Waals surface area (Å²) in [5, 5.41) is 3.97. The maximum Gasteiger partial charge on any atom is 0.294 e. The Hall–Kier alpha value is -0.620. The van der Waals surface area contributed by atoms with Gasteiger partial charge in [-0.2, -0.15) is 8.42 Å². The molecule has 0 spiro atoms. The minimum atomic E-state index is -3.98. The highest BCUT2D eigenvalue weighted by atomic mass is 35.5. The second-order valence-corrected chi connectivity index (χ2v) is 3.98. The Balaban J connectivity index is 0.000000396. The van der Waals surface area contributed by atoms with Crippen molar-refractivity contribution in [2.24, 2.45) is 5.25 Å². The molecule has 2 aliphatic carbocycles. The molecule has 0 heterocycles. The van der Waals surface area contributed by atoms with Gasteiger partial charge in [-0.15, -0.1) is 0 Å². The first-order valence-corrected chi connectivity index (χ1v) is 5.26. The van der Waals surface area contributed by atoms with Gasteiger partial charge in [-0.05, 0) is 35.4 Å². The van der Waals surface area contributed by atoms with Gasteiger partial charge in [0.25, 0.3) is 10.1 Å². The molecule has 0 aromatic rings. The summed E-state index contributed by atoms with van der Waals surface area (Å²) in [5.74, 6) is 0. The summed E-state index contributed by atoms with van der Waals surface area (Å²) in [6.45, 7) is 0. The molecule has 3 N–H and O–H groups in total. The standard InChI is InChI=1S/C7H6O3S.ClH2N/c8-11(9,10)7-4-5-1-2-6(7)3-5;1-2/h1-2,4H,3H2,(H,8,9,10);2H2. The van der Waals surface area contributed by atoms with Crippen LogP contribution in [0.1, 0.15) is 6.42 Å². The van der Waals surface area contributed by atoms with Crippen molar-refractivity contribution in [3.63, 3.8) is 0 Å². The molecule has 0 fully saturated rings. The third kappa shape index (κ3) is 2.00. The largest absolute Gasteiger partial charge is 0.294 e. The summed E-state index contributed by atoms with van der Waals surface area (Å²) in [7, 11) is -3.98. The van der Waals surface area contributed by atoms with Gasteiger partial charge in [0.1, 0.15) is 0 Å². The smallest absolute Gasteiger partial charge is 0.282 e. The maximum atomic E-state index is 10.6. The van der Waals surface area contributed by atoms with Crippen molar-refractivity contribution in [2.45, 2.75) is 6.42 Å². The molecule has 2 bridgehead atoms. The van der Waals surface area contributed by atoms with E-state index in [9.17, 15) is 8.42 Å². The van der Waals surface area contributed by atoms with Gasteiger partial charge in [0.2, 0.25) is 0 Å². The van der Waals surface area contributed by atoms with Gasteiger partial charge in [0, 0.05) is 0 Å². The molecule has 0 saturated heterocycles. The normalized spacial score (nSPS) is 18.5. The zero-order chi connectivity index (χ0) is 10.1. The highest BCUT2D eigenvalue weighted by Gasteiger charge is 2.25. The van der Waals surface area contributed by atoms with Gasteiger partial charge in [0.05, 0.1) is 4.91 Å². The van der Waals surface area contributed by atoms with E-state index in [-0.39, 0.29) is 4.91 Å². The summed E-state index contributed by atoms with van der Waals surface area (Å²) in [4.78, 5) is 0.0648. The van der Waals surface area contributed by atoms with Crippen molar-refractivity contribution in [3.8, 4) is 0 Å². The number of hydrogen-bond acceptors (Lipinski definition) is 3. The van der Waals surface area contributed by atoms with E-state index < -0.39 is 10.1 Å². The van der Waals surface area contributed by atoms with E-state index in [4.69, 9.17) is 4.55 Å². The Morgan fingerprint density at radius 2 is 2.00 bits per heavy atom. The fourth-order valence-electron chi connectivity index (χ4n) is 1.31. The minimum absolute atomic E-state index is 0.0648. The first-order chi connectivity index (χ1) is 6.07. The molecule has 0 unspecified atom stereocenters. The summed E-state index contributed by atoms with van der Waals surface area (Å²) in [5.41, 5.74) is 1.65. The second-order valence-electron chi connectivity index (χ2n) is 2.59. The summed E-state index contributed by atoms with van der Waals surface area (Å²) < 4.78 is 30.0. The van der Waals surface area contributed by atoms with Gasteiger partial charge >= 0.3 is 0 Å². The number of halogens is 1. The van der Waals surface area contributed by atoms with Crippen LogP contribution in [0.4, 0.5) is 0 Å². The molecule has 4 nitrogen and oxygen atoms in total. The third-order valence-corrected chi connectivity index (χ3v) is 2.74. The quantitative estimate of drug-likeness (QED) is 0.514. The Bertz CT molecular complexity index is 405. The van der Waals surface area contributed by atoms with E-state index in [0.717, 1.165) is 5.57 Å². The summed E-state index contributed by atoms with van der Waals surface area (Å²) in [6.07, 6.45) is 5.72. The fourth-order valence-corrected chi connectivity index (χ4v) is 2.09. The number of hydrogen-bond donors (Lipinski definition) is 2. The fraction of sp³-hybridized carbons (Fsp3) is 0.143. The molecular weight excluding hydrogens is 214 g/mol. The summed E-state index contributed by atoms with van der Waals surface area (Å²) in [6, 6.07) is 0. The van der Waals surface area contributed by atoms with Crippen LogP contribution in [-0.2, 0) is 10.1 Å². The van der Waals surface area contributed by atoms with Crippen molar-refractivity contribution in [1.29, 1.82) is 0 Å². The monoisotopic (exact) mass is 221 g/mol. The van der Waals surface area contributed by atoms with Crippen LogP contribution in [0.15, 0.2) is 34.3 Å². The van der Waals surface area contributed by atoms with Crippen LogP contribution in [-0.4, -0.2) is 13.0 Å². The average Bonchev–Trinajstić information content (AvgIpc) is 2.66. The number of nitrogens with two attached hydrogens (primary N) is 1. The van der Waals surface area contributed by atoms with Crippen LogP contribution in [0, 0.1) is 0 Å². The molecule has 0 saturated carbocycles. The van der Waals surface area contributed by atoms with Crippen LogP contribution in [0.2, 0.25) is 0 Å². The molecule has 72 valence electrons. The Labute approximate surface area is 81.2 Å². The minimum Gasteiger partial charge on any atom is -0.282 e. The first kappa shape index (κ1) is 10.5. The van der Waals surface area contributed by atoms with Gasteiger partial charge in [-0.1, -0.05) is 12.2 Å². The Morgan fingerprint density at radius 1 is 1.38 bits per heavy atom. The van der Waals surface area contributed by atoms with E-state index >= 15 is 0 Å². The van der Waals surface area contributed by atoms with Crippen LogP contribution in [0.5, 0.6) is 0 Å². The molecule has 0 atom stereocenters. The van der Waals surface area contributed by atoms with Gasteiger partial charge in [-0.25, -0.2) is 5.25 Å². The Morgan fingerprint density at radius 3 is 2.23 bits per heavy atom. The molecule has 0 radical (unpaired) electrons. The third-order valence-electron chi connectivity index (χ3n) is 1.80. The first-order valence-electron chi connectivity index (χ1n) is 3.38. The van der Waals surface area contributed by atoms with Crippen molar-refractivity contribution in [3.05, 3.63) is 34.3 Å². The van der Waals surface area contributed by atoms with E-state index in [1.54, 1.807) is 6.08 Å². The lowest BCUT2D eigenvalue weighted by Gasteiger charge is -1.96. The van der Waals surface area contributed by atoms with Gasteiger partial charge in [-0.3, -0.25) is 4.55 Å². The van der Waals surface area contributed by atoms with E-state index in [1.165, 1.54) is 6.08 Å². The molecule has 0 aliphatic heterocycles. The average molecular weight is 222 g/mol. The molecule has 13 heavy (non-hydrogen) atoms. The highest BCUT2D eigenvalue weighted by Crippen LogP contribution is 2.35. The van der Waals surface area contributed by atoms with Crippen LogP contribution in [0.25, 0.3) is 0 Å². The lowest BCUT2D eigenvalue weighted by molar-refractivity contribution is 0.492. The lowest BCUT2D eigenvalue weighted by atomic mass is 10.3. The SMILES string of the molecule is NCl.O=S(=O)(O)C1=C2C=CC(=C1)C2. The maximum absolute atomic E-state index is 10.6. The molecule has 2 aliphatic rings. The lowest BCUT2D eigenvalue weighted by Crippen LogP contribution is -2.00. The van der Waals surface area contributed by atoms with Gasteiger partial charge in [0.15, 0.2) is 0 Å². The van der Waals surface area contributed by atoms with Gasteiger partial charge < -0.3 is 0 Å². The molecule has 6 heteroatoms. The molecular formula is C7H8ClNO3S. The molecule has 0 amide bonds. The van der Waals surface area contributed by atoms with Crippen LogP contribution < -0.4 is 5.25 Å². The number of allylic oxidation sites excluding steroid dienone is 5. The predicted molar refractivity (Wildman–Crippen MR) is 50.5 cm³/mol. The van der Waals surface area contributed by atoms with Crippen LogP contribution >= 0.6 is 11.8 Å². The molecule has 0 aromatic carbocycles. The number of rotatable bonds is 1. The summed E-state index contributed by atoms with van der Waals surface area (Å²) >= 11 is 4.14. The number of fused-ring (bicyclic) bond motifs is 2. The second kappa shape index (κ2) is 3.63. The van der Waals surface area contributed by atoms with E-state index in [0.29, 0.717) is 12.0 Å². The Kier molecular flexibility index (Phi) is 2.92.